The molecule has 172 valence electrons. The van der Waals surface area contributed by atoms with Gasteiger partial charge in [0.05, 0.1) is 31.5 Å². The molecule has 7 nitrogen and oxygen atoms in total. The second-order valence-corrected chi connectivity index (χ2v) is 8.16. The van der Waals surface area contributed by atoms with Crippen LogP contribution in [0.3, 0.4) is 0 Å². The Morgan fingerprint density at radius 1 is 1.32 bits per heavy atom. The molecule has 1 aromatic rings. The van der Waals surface area contributed by atoms with Crippen LogP contribution in [0.5, 0.6) is 0 Å². The molecule has 11 heteroatoms. The van der Waals surface area contributed by atoms with E-state index in [0.29, 0.717) is 39.1 Å². The van der Waals surface area contributed by atoms with Crippen molar-refractivity contribution in [2.24, 2.45) is 0 Å². The molecule has 1 spiro atoms. The molecular weight excluding hydrogens is 424 g/mol. The van der Waals surface area contributed by atoms with Gasteiger partial charge in [-0.05, 0) is 38.3 Å². The number of carbonyl (C=O) groups is 2. The highest BCUT2D eigenvalue weighted by atomic mass is 19.4. The zero-order valence-corrected chi connectivity index (χ0v) is 17.0. The SMILES string of the molecule is Cc1cccc(COC2CCOC3(C2)CN(C(=O)C2(F)CC2)C3)n1.O=C(O)C(F)(F)F. The molecule has 4 rings (SSSR count). The summed E-state index contributed by atoms with van der Waals surface area (Å²) in [6.45, 7) is 4.04. The Kier molecular flexibility index (Phi) is 6.56. The van der Waals surface area contributed by atoms with Gasteiger partial charge in [-0.25, -0.2) is 9.18 Å². The smallest absolute Gasteiger partial charge is 0.475 e. The summed E-state index contributed by atoms with van der Waals surface area (Å²) in [5.41, 5.74) is -0.0191. The highest BCUT2D eigenvalue weighted by molar-refractivity contribution is 5.88. The van der Waals surface area contributed by atoms with Crippen molar-refractivity contribution in [3.8, 4) is 0 Å². The first-order valence-corrected chi connectivity index (χ1v) is 9.89. The number of ether oxygens (including phenoxy) is 2. The van der Waals surface area contributed by atoms with Gasteiger partial charge in [0.15, 0.2) is 5.67 Å². The number of hydrogen-bond donors (Lipinski definition) is 1. The zero-order chi connectivity index (χ0) is 22.9. The molecule has 2 saturated heterocycles. The van der Waals surface area contributed by atoms with Crippen molar-refractivity contribution < 1.29 is 41.7 Å². The molecule has 1 unspecified atom stereocenters. The van der Waals surface area contributed by atoms with Crippen molar-refractivity contribution >= 4 is 11.9 Å². The molecular formula is C20H24F4N2O5. The third kappa shape index (κ3) is 5.91. The van der Waals surface area contributed by atoms with Crippen LogP contribution in [-0.2, 0) is 25.7 Å². The fourth-order valence-electron chi connectivity index (χ4n) is 3.63. The number of amides is 1. The summed E-state index contributed by atoms with van der Waals surface area (Å²) >= 11 is 0. The van der Waals surface area contributed by atoms with Crippen molar-refractivity contribution in [1.82, 2.24) is 9.88 Å². The number of rotatable bonds is 4. The fraction of sp³-hybridized carbons (Fsp3) is 0.650. The van der Waals surface area contributed by atoms with E-state index in [0.717, 1.165) is 24.2 Å². The van der Waals surface area contributed by atoms with Gasteiger partial charge in [-0.3, -0.25) is 9.78 Å². The van der Waals surface area contributed by atoms with E-state index in [4.69, 9.17) is 19.4 Å². The molecule has 1 atom stereocenters. The number of likely N-dealkylation sites (tertiary alicyclic amines) is 1. The summed E-state index contributed by atoms with van der Waals surface area (Å²) in [4.78, 5) is 27.0. The molecule has 31 heavy (non-hydrogen) atoms. The minimum atomic E-state index is -5.08. The Labute approximate surface area is 176 Å². The molecule has 0 aromatic carbocycles. The van der Waals surface area contributed by atoms with E-state index in [9.17, 15) is 22.4 Å². The van der Waals surface area contributed by atoms with Gasteiger partial charge in [0, 0.05) is 18.7 Å². The number of alkyl halides is 4. The number of carbonyl (C=O) groups excluding carboxylic acids is 1. The Morgan fingerprint density at radius 3 is 2.52 bits per heavy atom. The van der Waals surface area contributed by atoms with Crippen molar-refractivity contribution in [3.05, 3.63) is 29.6 Å². The predicted molar refractivity (Wildman–Crippen MR) is 98.8 cm³/mol. The van der Waals surface area contributed by atoms with E-state index in [1.54, 1.807) is 4.90 Å². The Balaban J connectivity index is 0.000000339. The molecule has 1 aromatic heterocycles. The summed E-state index contributed by atoms with van der Waals surface area (Å²) in [6, 6.07) is 5.90. The molecule has 3 aliphatic rings. The molecule has 1 amide bonds. The van der Waals surface area contributed by atoms with Crippen LogP contribution < -0.4 is 0 Å². The number of hydrogen-bond acceptors (Lipinski definition) is 5. The highest BCUT2D eigenvalue weighted by Gasteiger charge is 2.58. The van der Waals surface area contributed by atoms with Crippen LogP contribution in [0.25, 0.3) is 0 Å². The van der Waals surface area contributed by atoms with Crippen molar-refractivity contribution in [3.63, 3.8) is 0 Å². The Bertz CT molecular complexity index is 822. The molecule has 1 saturated carbocycles. The van der Waals surface area contributed by atoms with Gasteiger partial charge < -0.3 is 19.5 Å². The number of halogens is 4. The van der Waals surface area contributed by atoms with Crippen LogP contribution in [-0.4, -0.2) is 70.1 Å². The summed E-state index contributed by atoms with van der Waals surface area (Å²) in [6.07, 6.45) is -2.66. The van der Waals surface area contributed by atoms with Gasteiger partial charge >= 0.3 is 12.1 Å². The first-order valence-electron chi connectivity index (χ1n) is 9.89. The number of nitrogens with zero attached hydrogens (tertiary/aromatic N) is 2. The number of aliphatic carboxylic acids is 1. The standard InChI is InChI=1S/C18H23FN2O3.C2HF3O2/c1-13-3-2-4-14(20-13)10-23-15-5-8-24-17(9-15)11-21(12-17)16(22)18(19)6-7-18;3-2(4,5)1(6)7/h2-4,15H,5-12H2,1H3;(H,6,7). The van der Waals surface area contributed by atoms with E-state index in [1.807, 2.05) is 25.1 Å². The molecule has 3 heterocycles. The lowest BCUT2D eigenvalue weighted by Crippen LogP contribution is -2.68. The van der Waals surface area contributed by atoms with Crippen LogP contribution >= 0.6 is 0 Å². The van der Waals surface area contributed by atoms with Crippen LogP contribution in [0.2, 0.25) is 0 Å². The van der Waals surface area contributed by atoms with E-state index < -0.39 is 17.8 Å². The minimum absolute atomic E-state index is 0.0959. The quantitative estimate of drug-likeness (QED) is 0.713. The molecule has 2 aliphatic heterocycles. The average Bonchev–Trinajstić information content (AvgIpc) is 3.42. The van der Waals surface area contributed by atoms with E-state index in [-0.39, 0.29) is 17.6 Å². The maximum Gasteiger partial charge on any atom is 0.490 e. The maximum absolute atomic E-state index is 13.9. The van der Waals surface area contributed by atoms with Crippen molar-refractivity contribution in [1.29, 1.82) is 0 Å². The third-order valence-corrected chi connectivity index (χ3v) is 5.42. The fourth-order valence-corrected chi connectivity index (χ4v) is 3.63. The van der Waals surface area contributed by atoms with Crippen LogP contribution in [0.4, 0.5) is 17.6 Å². The minimum Gasteiger partial charge on any atom is -0.475 e. The van der Waals surface area contributed by atoms with Crippen LogP contribution in [0.1, 0.15) is 37.1 Å². The number of carboxylic acids is 1. The maximum atomic E-state index is 13.9. The average molecular weight is 448 g/mol. The van der Waals surface area contributed by atoms with Gasteiger partial charge in [-0.15, -0.1) is 0 Å². The summed E-state index contributed by atoms with van der Waals surface area (Å²) in [7, 11) is 0. The van der Waals surface area contributed by atoms with E-state index >= 15 is 0 Å². The Hall–Kier alpha value is -2.27. The second kappa shape index (κ2) is 8.70. The Morgan fingerprint density at radius 2 is 1.97 bits per heavy atom. The molecule has 3 fully saturated rings. The van der Waals surface area contributed by atoms with Gasteiger partial charge in [-0.2, -0.15) is 13.2 Å². The third-order valence-electron chi connectivity index (χ3n) is 5.42. The van der Waals surface area contributed by atoms with Crippen molar-refractivity contribution in [2.45, 2.75) is 62.8 Å². The largest absolute Gasteiger partial charge is 0.490 e. The lowest BCUT2D eigenvalue weighted by atomic mass is 9.84. The first kappa shape index (κ1) is 23.4. The summed E-state index contributed by atoms with van der Waals surface area (Å²) in [5.74, 6) is -3.11. The normalized spacial score (nSPS) is 23.4. The van der Waals surface area contributed by atoms with Crippen molar-refractivity contribution in [2.75, 3.05) is 19.7 Å². The lowest BCUT2D eigenvalue weighted by molar-refractivity contribution is -0.205. The lowest BCUT2D eigenvalue weighted by Gasteiger charge is -2.53. The van der Waals surface area contributed by atoms with Crippen LogP contribution in [0.15, 0.2) is 18.2 Å². The zero-order valence-electron chi connectivity index (χ0n) is 17.0. The van der Waals surface area contributed by atoms with E-state index in [1.165, 1.54) is 0 Å². The predicted octanol–water partition coefficient (Wildman–Crippen LogP) is 2.80. The van der Waals surface area contributed by atoms with Gasteiger partial charge in [0.1, 0.15) is 5.60 Å². The topological polar surface area (TPSA) is 89.0 Å². The van der Waals surface area contributed by atoms with Crippen LogP contribution in [0, 0.1) is 6.92 Å². The number of pyridine rings is 1. The van der Waals surface area contributed by atoms with Gasteiger partial charge in [0.2, 0.25) is 0 Å². The van der Waals surface area contributed by atoms with E-state index in [2.05, 4.69) is 4.98 Å². The second-order valence-electron chi connectivity index (χ2n) is 8.16. The number of aromatic nitrogens is 1. The van der Waals surface area contributed by atoms with Gasteiger partial charge in [-0.1, -0.05) is 6.07 Å². The molecule has 0 bridgehead atoms. The molecule has 1 aliphatic carbocycles. The molecule has 1 N–H and O–H groups in total. The number of carboxylic acid groups (broad SMARTS) is 1. The monoisotopic (exact) mass is 448 g/mol. The summed E-state index contributed by atoms with van der Waals surface area (Å²) in [5, 5.41) is 7.12. The summed E-state index contributed by atoms with van der Waals surface area (Å²) < 4.78 is 57.5. The first-order chi connectivity index (χ1) is 14.4. The van der Waals surface area contributed by atoms with Gasteiger partial charge in [0.25, 0.3) is 5.91 Å². The highest BCUT2D eigenvalue weighted by Crippen LogP contribution is 2.45. The molecule has 0 radical (unpaired) electrons. The number of aryl methyl sites for hydroxylation is 1.